The third-order valence-electron chi connectivity index (χ3n) is 5.77. The number of ether oxygens (including phenoxy) is 1. The molecule has 0 saturated carbocycles. The summed E-state index contributed by atoms with van der Waals surface area (Å²) in [5, 5.41) is 23.1. The molecule has 2 heterocycles. The minimum absolute atomic E-state index is 0.0206. The molecule has 0 spiro atoms. The number of nitrogens with zero attached hydrogens (tertiary/aromatic N) is 2. The second-order valence-corrected chi connectivity index (χ2v) is 9.39. The third-order valence-corrected chi connectivity index (χ3v) is 7.07. The highest BCUT2D eigenvalue weighted by Crippen LogP contribution is 2.31. The second kappa shape index (κ2) is 9.62. The SMILES string of the molecule is CCNC(=O)C(C)(C)n1c(=O)c2c(C)c(C(=O)O)sc2n(C[C@H](O)c2cc(F)ccc2OC)c1=O. The fourth-order valence-corrected chi connectivity index (χ4v) is 5.06. The molecule has 3 rings (SSSR count). The number of carbonyl (C=O) groups excluding carboxylic acids is 1. The minimum Gasteiger partial charge on any atom is -0.496 e. The molecule has 1 atom stereocenters. The number of aryl methyl sites for hydroxylation is 1. The van der Waals surface area contributed by atoms with Crippen LogP contribution in [0.25, 0.3) is 10.2 Å². The zero-order valence-electron chi connectivity index (χ0n) is 19.8. The molecule has 1 aromatic carbocycles. The number of thiophene rings is 1. The monoisotopic (exact) mass is 507 g/mol. The molecule has 0 radical (unpaired) electrons. The summed E-state index contributed by atoms with van der Waals surface area (Å²) in [7, 11) is 1.34. The lowest BCUT2D eigenvalue weighted by atomic mass is 10.0. The molecule has 0 aliphatic carbocycles. The van der Waals surface area contributed by atoms with E-state index in [1.165, 1.54) is 33.9 Å². The average molecular weight is 508 g/mol. The number of methoxy groups -OCH3 is 1. The number of fused-ring (bicyclic) bond motifs is 1. The third kappa shape index (κ3) is 4.46. The Morgan fingerprint density at radius 2 is 1.94 bits per heavy atom. The van der Waals surface area contributed by atoms with Gasteiger partial charge in [-0.15, -0.1) is 11.3 Å². The standard InChI is InChI=1S/C23H26FN3O7S/c1-6-25-21(32)23(3,4)27-18(29)16-11(2)17(20(30)31)35-19(16)26(22(27)33)10-14(28)13-9-12(24)7-8-15(13)34-5/h7-9,14,28H,6,10H2,1-5H3,(H,25,32)(H,30,31)/t14-/m0/s1. The molecule has 188 valence electrons. The summed E-state index contributed by atoms with van der Waals surface area (Å²) in [6.07, 6.45) is -1.46. The van der Waals surface area contributed by atoms with Crippen molar-refractivity contribution >= 4 is 33.4 Å². The van der Waals surface area contributed by atoms with E-state index in [0.29, 0.717) is 11.3 Å². The van der Waals surface area contributed by atoms with Gasteiger partial charge in [0, 0.05) is 12.1 Å². The van der Waals surface area contributed by atoms with Gasteiger partial charge < -0.3 is 20.3 Å². The van der Waals surface area contributed by atoms with Crippen LogP contribution in [0.15, 0.2) is 27.8 Å². The van der Waals surface area contributed by atoms with Crippen LogP contribution in [0.5, 0.6) is 5.75 Å². The molecule has 35 heavy (non-hydrogen) atoms. The van der Waals surface area contributed by atoms with Crippen molar-refractivity contribution in [2.45, 2.75) is 45.9 Å². The van der Waals surface area contributed by atoms with Gasteiger partial charge in [-0.2, -0.15) is 0 Å². The quantitative estimate of drug-likeness (QED) is 0.424. The molecule has 0 unspecified atom stereocenters. The average Bonchev–Trinajstić information content (AvgIpc) is 3.14. The Balaban J connectivity index is 2.36. The van der Waals surface area contributed by atoms with Gasteiger partial charge in [0.1, 0.15) is 32.9 Å². The van der Waals surface area contributed by atoms with Crippen molar-refractivity contribution in [3.8, 4) is 5.75 Å². The van der Waals surface area contributed by atoms with Gasteiger partial charge >= 0.3 is 11.7 Å². The number of amides is 1. The highest BCUT2D eigenvalue weighted by molar-refractivity contribution is 7.20. The summed E-state index contributed by atoms with van der Waals surface area (Å²) < 4.78 is 20.9. The van der Waals surface area contributed by atoms with Gasteiger partial charge in [-0.1, -0.05) is 0 Å². The van der Waals surface area contributed by atoms with E-state index in [1.54, 1.807) is 6.92 Å². The van der Waals surface area contributed by atoms with Crippen molar-refractivity contribution in [3.63, 3.8) is 0 Å². The van der Waals surface area contributed by atoms with Gasteiger partial charge in [0.25, 0.3) is 5.56 Å². The Bertz CT molecular complexity index is 1440. The molecule has 3 N–H and O–H groups in total. The minimum atomic E-state index is -1.64. The number of aromatic carboxylic acids is 1. The molecular weight excluding hydrogens is 481 g/mol. The van der Waals surface area contributed by atoms with E-state index in [0.717, 1.165) is 21.3 Å². The van der Waals surface area contributed by atoms with Crippen LogP contribution >= 0.6 is 11.3 Å². The van der Waals surface area contributed by atoms with Gasteiger partial charge in [0.2, 0.25) is 5.91 Å². The molecule has 3 aromatic rings. The number of rotatable bonds is 8. The summed E-state index contributed by atoms with van der Waals surface area (Å²) in [6, 6.07) is 3.53. The number of halogens is 1. The molecule has 0 bridgehead atoms. The fraction of sp³-hybridized carbons (Fsp3) is 0.391. The summed E-state index contributed by atoms with van der Waals surface area (Å²) in [5.41, 5.74) is -3.20. The number of carboxylic acids is 1. The van der Waals surface area contributed by atoms with Crippen molar-refractivity contribution in [3.05, 3.63) is 60.9 Å². The number of carbonyl (C=O) groups is 2. The number of nitrogens with one attached hydrogen (secondary N) is 1. The molecule has 12 heteroatoms. The van der Waals surface area contributed by atoms with Crippen molar-refractivity contribution in [2.75, 3.05) is 13.7 Å². The number of hydrogen-bond donors (Lipinski definition) is 3. The van der Waals surface area contributed by atoms with Crippen molar-refractivity contribution in [1.82, 2.24) is 14.5 Å². The number of benzene rings is 1. The first-order valence-corrected chi connectivity index (χ1v) is 11.5. The van der Waals surface area contributed by atoms with Crippen molar-refractivity contribution in [2.24, 2.45) is 0 Å². The van der Waals surface area contributed by atoms with Gasteiger partial charge in [-0.05, 0) is 51.5 Å². The first-order chi connectivity index (χ1) is 16.4. The highest BCUT2D eigenvalue weighted by Gasteiger charge is 2.35. The number of aliphatic hydroxyl groups is 1. The van der Waals surface area contributed by atoms with E-state index in [2.05, 4.69) is 5.32 Å². The van der Waals surface area contributed by atoms with Gasteiger partial charge in [0.15, 0.2) is 0 Å². The lowest BCUT2D eigenvalue weighted by Crippen LogP contribution is -2.55. The predicted octanol–water partition coefficient (Wildman–Crippen LogP) is 1.98. The first kappa shape index (κ1) is 26.1. The Morgan fingerprint density at radius 1 is 1.29 bits per heavy atom. The predicted molar refractivity (Wildman–Crippen MR) is 128 cm³/mol. The maximum absolute atomic E-state index is 13.9. The Morgan fingerprint density at radius 3 is 2.51 bits per heavy atom. The largest absolute Gasteiger partial charge is 0.496 e. The molecule has 0 aliphatic rings. The molecule has 0 fully saturated rings. The van der Waals surface area contributed by atoms with Crippen molar-refractivity contribution in [1.29, 1.82) is 0 Å². The smallest absolute Gasteiger partial charge is 0.346 e. The number of aliphatic hydroxyl groups excluding tert-OH is 1. The van der Waals surface area contributed by atoms with Crippen LogP contribution in [0.2, 0.25) is 0 Å². The Hall–Kier alpha value is -3.51. The van der Waals surface area contributed by atoms with Gasteiger partial charge in [-0.3, -0.25) is 14.2 Å². The lowest BCUT2D eigenvalue weighted by Gasteiger charge is -2.27. The molecular formula is C23H26FN3O7S. The van der Waals surface area contributed by atoms with Crippen LogP contribution in [-0.2, 0) is 16.9 Å². The van der Waals surface area contributed by atoms with E-state index in [4.69, 9.17) is 4.74 Å². The number of hydrogen-bond acceptors (Lipinski definition) is 7. The van der Waals surface area contributed by atoms with Crippen LogP contribution in [0.3, 0.4) is 0 Å². The van der Waals surface area contributed by atoms with Gasteiger partial charge in [0.05, 0.1) is 19.0 Å². The normalized spacial score (nSPS) is 12.5. The molecule has 0 saturated heterocycles. The van der Waals surface area contributed by atoms with Crippen molar-refractivity contribution < 1.29 is 28.9 Å². The number of carboxylic acid groups (broad SMARTS) is 1. The highest BCUT2D eigenvalue weighted by atomic mass is 32.1. The maximum Gasteiger partial charge on any atom is 0.346 e. The zero-order valence-corrected chi connectivity index (χ0v) is 20.7. The van der Waals surface area contributed by atoms with Crippen LogP contribution < -0.4 is 21.3 Å². The van der Waals surface area contributed by atoms with E-state index < -0.39 is 47.1 Å². The molecule has 2 aromatic heterocycles. The molecule has 10 nitrogen and oxygen atoms in total. The zero-order chi connectivity index (χ0) is 26.2. The molecule has 0 aliphatic heterocycles. The van der Waals surface area contributed by atoms with Crippen LogP contribution in [-0.4, -0.2) is 44.9 Å². The van der Waals surface area contributed by atoms with Crippen LogP contribution in [0, 0.1) is 12.7 Å². The van der Waals surface area contributed by atoms with E-state index in [1.807, 2.05) is 0 Å². The van der Waals surface area contributed by atoms with Crippen LogP contribution in [0.4, 0.5) is 4.39 Å². The lowest BCUT2D eigenvalue weighted by molar-refractivity contribution is -0.128. The summed E-state index contributed by atoms with van der Waals surface area (Å²) in [5.74, 6) is -2.35. The fourth-order valence-electron chi connectivity index (χ4n) is 3.92. The number of likely N-dealkylation sites (N-methyl/N-ethyl adjacent to an activating group) is 1. The van der Waals surface area contributed by atoms with E-state index in [9.17, 15) is 33.8 Å². The Labute approximate surface area is 203 Å². The first-order valence-electron chi connectivity index (χ1n) is 10.7. The van der Waals surface area contributed by atoms with Crippen LogP contribution in [0.1, 0.15) is 47.7 Å². The number of aromatic nitrogens is 2. The molecule has 1 amide bonds. The summed E-state index contributed by atoms with van der Waals surface area (Å²) in [6.45, 7) is 5.70. The Kier molecular flexibility index (Phi) is 7.18. The van der Waals surface area contributed by atoms with E-state index >= 15 is 0 Å². The van der Waals surface area contributed by atoms with E-state index in [-0.39, 0.29) is 38.5 Å². The topological polar surface area (TPSA) is 140 Å². The van der Waals surface area contributed by atoms with Gasteiger partial charge in [-0.25, -0.2) is 18.5 Å². The maximum atomic E-state index is 13.9. The summed E-state index contributed by atoms with van der Waals surface area (Å²) in [4.78, 5) is 51.5. The summed E-state index contributed by atoms with van der Waals surface area (Å²) >= 11 is 0.708. The second-order valence-electron chi connectivity index (χ2n) is 8.40.